The van der Waals surface area contributed by atoms with Gasteiger partial charge in [0, 0.05) is 11.8 Å². The summed E-state index contributed by atoms with van der Waals surface area (Å²) >= 11 is 0. The Morgan fingerprint density at radius 3 is 2.71 bits per heavy atom. The largest absolute Gasteiger partial charge is 0.476 e. The molecule has 0 N–H and O–H groups in total. The number of hydrogen-bond donors (Lipinski definition) is 0. The second kappa shape index (κ2) is 4.04. The summed E-state index contributed by atoms with van der Waals surface area (Å²) in [6.45, 7) is 3.74. The second-order valence-electron chi connectivity index (χ2n) is 2.87. The predicted octanol–water partition coefficient (Wildman–Crippen LogP) is 1.87. The molecule has 0 aliphatic heterocycles. The lowest BCUT2D eigenvalue weighted by Crippen LogP contribution is -2.00. The van der Waals surface area contributed by atoms with Gasteiger partial charge < -0.3 is 4.74 Å². The number of hydrogen-bond acceptors (Lipinski definition) is 4. The Hall–Kier alpha value is -1.65. The van der Waals surface area contributed by atoms with Crippen LogP contribution in [-0.2, 0) is 6.42 Å². The summed E-state index contributed by atoms with van der Waals surface area (Å²) in [7, 11) is 1.38. The number of rotatable bonds is 3. The SMILES string of the molecule is CCc1cc([N+](=O)[O-])c(OC)nc1C. The first-order valence-electron chi connectivity index (χ1n) is 4.29. The van der Waals surface area contributed by atoms with Crippen LogP contribution in [0.3, 0.4) is 0 Å². The van der Waals surface area contributed by atoms with Crippen LogP contribution in [0.4, 0.5) is 5.69 Å². The maximum absolute atomic E-state index is 10.6. The minimum Gasteiger partial charge on any atom is -0.476 e. The molecule has 76 valence electrons. The van der Waals surface area contributed by atoms with Crippen molar-refractivity contribution >= 4 is 5.69 Å². The molecule has 0 aromatic carbocycles. The number of aryl methyl sites for hydroxylation is 2. The number of nitro groups is 1. The topological polar surface area (TPSA) is 65.3 Å². The van der Waals surface area contributed by atoms with Gasteiger partial charge in [-0.1, -0.05) is 6.92 Å². The van der Waals surface area contributed by atoms with E-state index in [1.54, 1.807) is 0 Å². The summed E-state index contributed by atoms with van der Waals surface area (Å²) in [6, 6.07) is 1.52. The van der Waals surface area contributed by atoms with E-state index in [2.05, 4.69) is 4.98 Å². The first-order chi connectivity index (χ1) is 6.60. The van der Waals surface area contributed by atoms with E-state index in [0.29, 0.717) is 0 Å². The van der Waals surface area contributed by atoms with Gasteiger partial charge in [-0.25, -0.2) is 4.98 Å². The van der Waals surface area contributed by atoms with Crippen molar-refractivity contribution in [2.45, 2.75) is 20.3 Å². The van der Waals surface area contributed by atoms with Gasteiger partial charge in [-0.2, -0.15) is 0 Å². The number of aromatic nitrogens is 1. The van der Waals surface area contributed by atoms with Crippen LogP contribution in [0.1, 0.15) is 18.2 Å². The molecule has 0 atom stereocenters. The summed E-state index contributed by atoms with van der Waals surface area (Å²) in [5.41, 5.74) is 1.57. The lowest BCUT2D eigenvalue weighted by atomic mass is 10.1. The summed E-state index contributed by atoms with van der Waals surface area (Å²) in [4.78, 5) is 14.2. The fourth-order valence-electron chi connectivity index (χ4n) is 1.25. The van der Waals surface area contributed by atoms with Gasteiger partial charge in [-0.15, -0.1) is 0 Å². The third-order valence-corrected chi connectivity index (χ3v) is 2.03. The molecule has 0 amide bonds. The molecule has 0 aliphatic carbocycles. The van der Waals surface area contributed by atoms with E-state index in [-0.39, 0.29) is 11.6 Å². The minimum absolute atomic E-state index is 0.0738. The zero-order valence-corrected chi connectivity index (χ0v) is 8.40. The number of methoxy groups -OCH3 is 1. The van der Waals surface area contributed by atoms with E-state index in [1.807, 2.05) is 13.8 Å². The molecule has 0 radical (unpaired) electrons. The van der Waals surface area contributed by atoms with Crippen molar-refractivity contribution in [3.63, 3.8) is 0 Å². The second-order valence-corrected chi connectivity index (χ2v) is 2.87. The molecular weight excluding hydrogens is 184 g/mol. The van der Waals surface area contributed by atoms with Crippen molar-refractivity contribution < 1.29 is 9.66 Å². The molecular formula is C9H12N2O3. The van der Waals surface area contributed by atoms with E-state index in [1.165, 1.54) is 13.2 Å². The Kier molecular flexibility index (Phi) is 3.01. The fourth-order valence-corrected chi connectivity index (χ4v) is 1.25. The Bertz CT molecular complexity index is 363. The van der Waals surface area contributed by atoms with Crippen molar-refractivity contribution in [3.8, 4) is 5.88 Å². The summed E-state index contributed by atoms with van der Waals surface area (Å²) in [6.07, 6.45) is 0.726. The zero-order valence-electron chi connectivity index (χ0n) is 8.40. The molecule has 0 unspecified atom stereocenters. The molecule has 0 fully saturated rings. The van der Waals surface area contributed by atoms with Crippen LogP contribution < -0.4 is 4.74 Å². The first-order valence-corrected chi connectivity index (χ1v) is 4.29. The molecule has 5 nitrogen and oxygen atoms in total. The van der Waals surface area contributed by atoms with Gasteiger partial charge in [-0.3, -0.25) is 10.1 Å². The maximum atomic E-state index is 10.6. The average molecular weight is 196 g/mol. The number of ether oxygens (including phenoxy) is 1. The lowest BCUT2D eigenvalue weighted by Gasteiger charge is -2.05. The molecule has 0 saturated heterocycles. The minimum atomic E-state index is -0.482. The molecule has 0 bridgehead atoms. The highest BCUT2D eigenvalue weighted by atomic mass is 16.6. The Labute approximate surface area is 81.9 Å². The van der Waals surface area contributed by atoms with Crippen LogP contribution in [0.15, 0.2) is 6.07 Å². The average Bonchev–Trinajstić information content (AvgIpc) is 2.16. The predicted molar refractivity (Wildman–Crippen MR) is 51.6 cm³/mol. The normalized spacial score (nSPS) is 9.93. The van der Waals surface area contributed by atoms with Crippen molar-refractivity contribution in [1.82, 2.24) is 4.98 Å². The van der Waals surface area contributed by atoms with E-state index in [0.717, 1.165) is 17.7 Å². The molecule has 0 saturated carbocycles. The Morgan fingerprint density at radius 2 is 2.29 bits per heavy atom. The molecule has 1 heterocycles. The van der Waals surface area contributed by atoms with Gasteiger partial charge in [0.05, 0.1) is 12.0 Å². The van der Waals surface area contributed by atoms with Crippen molar-refractivity contribution in [1.29, 1.82) is 0 Å². The van der Waals surface area contributed by atoms with Crippen LogP contribution in [0.2, 0.25) is 0 Å². The molecule has 1 aromatic heterocycles. The number of nitrogens with zero attached hydrogens (tertiary/aromatic N) is 2. The quantitative estimate of drug-likeness (QED) is 0.546. The third-order valence-electron chi connectivity index (χ3n) is 2.03. The van der Waals surface area contributed by atoms with Crippen LogP contribution >= 0.6 is 0 Å². The van der Waals surface area contributed by atoms with Gasteiger partial charge >= 0.3 is 5.69 Å². The van der Waals surface area contributed by atoms with Gasteiger partial charge in [-0.05, 0) is 18.9 Å². The van der Waals surface area contributed by atoms with Crippen LogP contribution in [0.5, 0.6) is 5.88 Å². The van der Waals surface area contributed by atoms with Gasteiger partial charge in [0.2, 0.25) is 0 Å². The summed E-state index contributed by atoms with van der Waals surface area (Å²) in [5, 5.41) is 10.6. The molecule has 5 heteroatoms. The van der Waals surface area contributed by atoms with Gasteiger partial charge in [0.15, 0.2) is 0 Å². The summed E-state index contributed by atoms with van der Waals surface area (Å²) in [5.74, 6) is 0.0738. The van der Waals surface area contributed by atoms with E-state index in [9.17, 15) is 10.1 Å². The standard InChI is InChI=1S/C9H12N2O3/c1-4-7-5-8(11(12)13)9(14-3)10-6(7)2/h5H,4H2,1-3H3. The Morgan fingerprint density at radius 1 is 1.64 bits per heavy atom. The highest BCUT2D eigenvalue weighted by molar-refractivity contribution is 5.45. The molecule has 0 spiro atoms. The zero-order chi connectivity index (χ0) is 10.7. The lowest BCUT2D eigenvalue weighted by molar-refractivity contribution is -0.386. The smallest absolute Gasteiger partial charge is 0.331 e. The van der Waals surface area contributed by atoms with E-state index in [4.69, 9.17) is 4.74 Å². The van der Waals surface area contributed by atoms with E-state index >= 15 is 0 Å². The third kappa shape index (κ3) is 1.81. The van der Waals surface area contributed by atoms with Crippen molar-refractivity contribution in [3.05, 3.63) is 27.4 Å². The first kappa shape index (κ1) is 10.4. The molecule has 1 rings (SSSR count). The highest BCUT2D eigenvalue weighted by Crippen LogP contribution is 2.26. The fraction of sp³-hybridized carbons (Fsp3) is 0.444. The Balaban J connectivity index is 3.32. The van der Waals surface area contributed by atoms with Gasteiger partial charge in [0.25, 0.3) is 5.88 Å². The van der Waals surface area contributed by atoms with Crippen LogP contribution in [0, 0.1) is 17.0 Å². The molecule has 14 heavy (non-hydrogen) atoms. The summed E-state index contributed by atoms with van der Waals surface area (Å²) < 4.78 is 4.83. The maximum Gasteiger partial charge on any atom is 0.331 e. The molecule has 1 aromatic rings. The van der Waals surface area contributed by atoms with E-state index < -0.39 is 4.92 Å². The highest BCUT2D eigenvalue weighted by Gasteiger charge is 2.18. The number of pyridine rings is 1. The van der Waals surface area contributed by atoms with Crippen LogP contribution in [-0.4, -0.2) is 17.0 Å². The van der Waals surface area contributed by atoms with Crippen molar-refractivity contribution in [2.24, 2.45) is 0 Å². The van der Waals surface area contributed by atoms with Crippen LogP contribution in [0.25, 0.3) is 0 Å². The monoisotopic (exact) mass is 196 g/mol. The van der Waals surface area contributed by atoms with Crippen molar-refractivity contribution in [2.75, 3.05) is 7.11 Å². The molecule has 0 aliphatic rings. The van der Waals surface area contributed by atoms with Gasteiger partial charge in [0.1, 0.15) is 0 Å².